The number of fused-ring (bicyclic) bond motifs is 1. The lowest BCUT2D eigenvalue weighted by Crippen LogP contribution is -2.28. The molecule has 5 rings (SSSR count). The van der Waals surface area contributed by atoms with Gasteiger partial charge in [0.25, 0.3) is 0 Å². The molecule has 4 heterocycles. The van der Waals surface area contributed by atoms with Crippen molar-refractivity contribution in [3.8, 4) is 22.8 Å². The number of likely N-dealkylation sites (tertiary alicyclic amines) is 1. The molecule has 2 aromatic heterocycles. The fourth-order valence-corrected chi connectivity index (χ4v) is 4.60. The molecule has 3 aromatic rings. The van der Waals surface area contributed by atoms with Gasteiger partial charge >= 0.3 is 0 Å². The topological polar surface area (TPSA) is 47.7 Å². The molecule has 2 aliphatic rings. The van der Waals surface area contributed by atoms with E-state index in [0.717, 1.165) is 48.0 Å². The number of nitrogens with zero attached hydrogens (tertiary/aromatic N) is 2. The van der Waals surface area contributed by atoms with E-state index in [-0.39, 0.29) is 6.79 Å². The van der Waals surface area contributed by atoms with Gasteiger partial charge in [0.15, 0.2) is 17.3 Å². The van der Waals surface area contributed by atoms with E-state index in [1.165, 1.54) is 24.8 Å². The lowest BCUT2D eigenvalue weighted by molar-refractivity contribution is 0.174. The molecule has 6 heteroatoms. The second kappa shape index (κ2) is 7.37. The average molecular weight is 382 g/mol. The summed E-state index contributed by atoms with van der Waals surface area (Å²) in [5.74, 6) is 2.33. The van der Waals surface area contributed by atoms with Crippen LogP contribution in [-0.2, 0) is 6.54 Å². The van der Waals surface area contributed by atoms with Crippen molar-refractivity contribution in [3.63, 3.8) is 0 Å². The largest absolute Gasteiger partial charge is 0.454 e. The number of hydrogen-bond donors (Lipinski definition) is 0. The Balaban J connectivity index is 1.41. The first-order valence-electron chi connectivity index (χ1n) is 9.48. The van der Waals surface area contributed by atoms with Crippen LogP contribution in [0.15, 0.2) is 45.6 Å². The Bertz CT molecular complexity index is 906. The summed E-state index contributed by atoms with van der Waals surface area (Å²) in [5.41, 5.74) is 3.38. The van der Waals surface area contributed by atoms with Gasteiger partial charge in [-0.25, -0.2) is 0 Å². The molecule has 0 saturated carbocycles. The van der Waals surface area contributed by atoms with Gasteiger partial charge in [-0.1, -0.05) is 18.0 Å². The maximum absolute atomic E-state index is 5.72. The van der Waals surface area contributed by atoms with E-state index < -0.39 is 0 Å². The van der Waals surface area contributed by atoms with E-state index in [2.05, 4.69) is 32.9 Å². The zero-order valence-corrected chi connectivity index (χ0v) is 15.9. The molecule has 0 aliphatic carbocycles. The standard InChI is InChI=1S/C21H22N2O3S/c1-2-4-18(23(8-3-1)12-15-7-9-27-13-15)17-11-20(26-22-17)16-5-6-19-21(10-16)25-14-24-19/h5-7,9-11,13,18H,1-4,8,12,14H2. The van der Waals surface area contributed by atoms with Crippen LogP contribution in [0.5, 0.6) is 11.5 Å². The lowest BCUT2D eigenvalue weighted by Gasteiger charge is -2.28. The first-order chi connectivity index (χ1) is 13.4. The van der Waals surface area contributed by atoms with E-state index in [4.69, 9.17) is 14.0 Å². The maximum Gasteiger partial charge on any atom is 0.231 e. The van der Waals surface area contributed by atoms with Crippen molar-refractivity contribution in [1.29, 1.82) is 0 Å². The SMILES string of the molecule is c1cc(CN2CCCCCC2c2cc(-c3ccc4c(c3)OCO4)on2)cs1. The molecule has 1 saturated heterocycles. The maximum atomic E-state index is 5.72. The van der Waals surface area contributed by atoms with Gasteiger partial charge in [0, 0.05) is 18.2 Å². The van der Waals surface area contributed by atoms with Crippen LogP contribution in [0.4, 0.5) is 0 Å². The summed E-state index contributed by atoms with van der Waals surface area (Å²) in [6.45, 7) is 2.35. The van der Waals surface area contributed by atoms with Crippen LogP contribution in [0.3, 0.4) is 0 Å². The fourth-order valence-electron chi connectivity index (χ4n) is 3.94. The Labute approximate surface area is 162 Å². The third-order valence-corrected chi connectivity index (χ3v) is 6.09. The van der Waals surface area contributed by atoms with Crippen molar-refractivity contribution in [2.75, 3.05) is 13.3 Å². The molecule has 0 bridgehead atoms. The number of rotatable bonds is 4. The molecular weight excluding hydrogens is 360 g/mol. The highest BCUT2D eigenvalue weighted by Gasteiger charge is 2.26. The molecule has 0 radical (unpaired) electrons. The van der Waals surface area contributed by atoms with Crippen LogP contribution in [0, 0.1) is 0 Å². The quantitative estimate of drug-likeness (QED) is 0.617. The summed E-state index contributed by atoms with van der Waals surface area (Å²) in [6.07, 6.45) is 4.88. The van der Waals surface area contributed by atoms with E-state index in [1.807, 2.05) is 18.2 Å². The molecule has 27 heavy (non-hydrogen) atoms. The molecule has 0 spiro atoms. The van der Waals surface area contributed by atoms with E-state index in [9.17, 15) is 0 Å². The summed E-state index contributed by atoms with van der Waals surface area (Å²) >= 11 is 1.76. The van der Waals surface area contributed by atoms with Crippen LogP contribution in [0.1, 0.15) is 43.0 Å². The van der Waals surface area contributed by atoms with Crippen LogP contribution in [0.2, 0.25) is 0 Å². The van der Waals surface area contributed by atoms with Gasteiger partial charge in [-0.2, -0.15) is 11.3 Å². The Morgan fingerprint density at radius 2 is 2.04 bits per heavy atom. The molecule has 0 amide bonds. The minimum absolute atomic E-state index is 0.278. The highest BCUT2D eigenvalue weighted by Crippen LogP contribution is 2.38. The molecule has 1 unspecified atom stereocenters. The third-order valence-electron chi connectivity index (χ3n) is 5.36. The number of hydrogen-bond acceptors (Lipinski definition) is 6. The predicted octanol–water partition coefficient (Wildman–Crippen LogP) is 5.25. The van der Waals surface area contributed by atoms with E-state index in [1.54, 1.807) is 11.3 Å². The zero-order valence-electron chi connectivity index (χ0n) is 15.1. The van der Waals surface area contributed by atoms with Crippen molar-refractivity contribution < 1.29 is 14.0 Å². The van der Waals surface area contributed by atoms with E-state index >= 15 is 0 Å². The Kier molecular flexibility index (Phi) is 4.59. The number of aromatic nitrogens is 1. The lowest BCUT2D eigenvalue weighted by atomic mass is 10.0. The van der Waals surface area contributed by atoms with Crippen molar-refractivity contribution >= 4 is 11.3 Å². The summed E-state index contributed by atoms with van der Waals surface area (Å²) in [6, 6.07) is 10.5. The third kappa shape index (κ3) is 3.47. The smallest absolute Gasteiger partial charge is 0.231 e. The Morgan fingerprint density at radius 1 is 1.07 bits per heavy atom. The average Bonchev–Trinajstić information content (AvgIpc) is 3.42. The van der Waals surface area contributed by atoms with Gasteiger partial charge in [0.05, 0.1) is 6.04 Å². The monoisotopic (exact) mass is 382 g/mol. The highest BCUT2D eigenvalue weighted by atomic mass is 32.1. The molecule has 1 atom stereocenters. The van der Waals surface area contributed by atoms with Crippen molar-refractivity contribution in [2.45, 2.75) is 38.3 Å². The molecule has 1 aromatic carbocycles. The van der Waals surface area contributed by atoms with Crippen molar-refractivity contribution in [3.05, 3.63) is 52.3 Å². The van der Waals surface area contributed by atoms with Gasteiger partial charge in [-0.15, -0.1) is 0 Å². The minimum atomic E-state index is 0.278. The van der Waals surface area contributed by atoms with Crippen LogP contribution in [0.25, 0.3) is 11.3 Å². The fraction of sp³-hybridized carbons (Fsp3) is 0.381. The summed E-state index contributed by atoms with van der Waals surface area (Å²) < 4.78 is 16.6. The molecular formula is C21H22N2O3S. The summed E-state index contributed by atoms with van der Waals surface area (Å²) in [5, 5.41) is 8.83. The van der Waals surface area contributed by atoms with Gasteiger partial charge < -0.3 is 14.0 Å². The molecule has 5 nitrogen and oxygen atoms in total. The first kappa shape index (κ1) is 16.8. The van der Waals surface area contributed by atoms with E-state index in [0.29, 0.717) is 6.04 Å². The Morgan fingerprint density at radius 3 is 2.96 bits per heavy atom. The summed E-state index contributed by atoms with van der Waals surface area (Å²) in [7, 11) is 0. The van der Waals surface area contributed by atoms with Crippen molar-refractivity contribution in [2.24, 2.45) is 0 Å². The Hall–Kier alpha value is -2.31. The zero-order chi connectivity index (χ0) is 18.1. The van der Waals surface area contributed by atoms with Crippen LogP contribution in [-0.4, -0.2) is 23.4 Å². The van der Waals surface area contributed by atoms with Gasteiger partial charge in [-0.3, -0.25) is 4.90 Å². The normalized spacial score (nSPS) is 19.9. The number of ether oxygens (including phenoxy) is 2. The predicted molar refractivity (Wildman–Crippen MR) is 104 cm³/mol. The summed E-state index contributed by atoms with van der Waals surface area (Å²) in [4.78, 5) is 2.55. The molecule has 1 fully saturated rings. The molecule has 0 N–H and O–H groups in total. The van der Waals surface area contributed by atoms with Crippen LogP contribution >= 0.6 is 11.3 Å². The van der Waals surface area contributed by atoms with Gasteiger partial charge in [0.2, 0.25) is 6.79 Å². The minimum Gasteiger partial charge on any atom is -0.454 e. The molecule has 2 aliphatic heterocycles. The highest BCUT2D eigenvalue weighted by molar-refractivity contribution is 7.07. The number of benzene rings is 1. The van der Waals surface area contributed by atoms with Crippen LogP contribution < -0.4 is 9.47 Å². The van der Waals surface area contributed by atoms with Gasteiger partial charge in [0.1, 0.15) is 5.69 Å². The van der Waals surface area contributed by atoms with Crippen molar-refractivity contribution in [1.82, 2.24) is 10.1 Å². The number of thiophene rings is 1. The molecule has 140 valence electrons. The second-order valence-electron chi connectivity index (χ2n) is 7.15. The van der Waals surface area contributed by atoms with Gasteiger partial charge in [-0.05, 0) is 60.0 Å². The first-order valence-corrected chi connectivity index (χ1v) is 10.4. The second-order valence-corrected chi connectivity index (χ2v) is 7.93.